The van der Waals surface area contributed by atoms with Crippen molar-refractivity contribution in [3.8, 4) is 22.3 Å². The van der Waals surface area contributed by atoms with Crippen molar-refractivity contribution in [1.29, 1.82) is 0 Å². The number of hydrogen-bond acceptors (Lipinski definition) is 5. The minimum Gasteiger partial charge on any atom is -0.480 e. The Labute approximate surface area is 282 Å². The molecule has 1 heterocycles. The molecule has 0 spiro atoms. The van der Waals surface area contributed by atoms with Crippen LogP contribution in [0.2, 0.25) is 0 Å². The van der Waals surface area contributed by atoms with Crippen molar-refractivity contribution in [2.75, 3.05) is 13.2 Å². The SMILES string of the molecule is O=C(N[C@@H](Cc1cn(C(=O)OCC2c3ccccc3-c3ccccc32)c2ccccc12)C(=O)O)OCC1c2ccccc2-c2ccccc21. The molecule has 2 N–H and O–H groups in total. The number of para-hydroxylation sites is 1. The van der Waals surface area contributed by atoms with Crippen molar-refractivity contribution >= 4 is 29.1 Å². The fourth-order valence-electron chi connectivity index (χ4n) is 7.43. The summed E-state index contributed by atoms with van der Waals surface area (Å²) in [7, 11) is 0. The van der Waals surface area contributed by atoms with E-state index in [2.05, 4.69) is 29.6 Å². The standard InChI is InChI=1S/C41H32N2O6/c44-39(45)37(42-40(46)48-23-35-31-16-5-1-12-27(31)28-13-2-6-17-32(28)35)21-25-22-43(38-20-10-9-11-26(25)38)41(47)49-24-36-33-18-7-3-14-29(33)30-15-4-8-19-34(30)36/h1-20,22,35-37H,21,23-24H2,(H,42,46)(H,44,45)/t37-/m0/s1. The monoisotopic (exact) mass is 648 g/mol. The molecule has 8 nitrogen and oxygen atoms in total. The molecule has 2 aliphatic carbocycles. The van der Waals surface area contributed by atoms with E-state index >= 15 is 0 Å². The first kappa shape index (κ1) is 30.2. The molecular formula is C41H32N2O6. The van der Waals surface area contributed by atoms with Crippen LogP contribution in [0.3, 0.4) is 0 Å². The first-order chi connectivity index (χ1) is 24.0. The van der Waals surface area contributed by atoms with E-state index in [9.17, 15) is 19.5 Å². The summed E-state index contributed by atoms with van der Waals surface area (Å²) in [5, 5.41) is 13.3. The van der Waals surface area contributed by atoms with Crippen molar-refractivity contribution < 1.29 is 29.0 Å². The van der Waals surface area contributed by atoms with E-state index in [4.69, 9.17) is 9.47 Å². The van der Waals surface area contributed by atoms with E-state index < -0.39 is 24.2 Å². The van der Waals surface area contributed by atoms with Crippen LogP contribution in [-0.4, -0.2) is 47.1 Å². The number of nitrogens with one attached hydrogen (secondary N) is 1. The Morgan fingerprint density at radius 3 is 1.59 bits per heavy atom. The number of aromatic nitrogens is 1. The maximum atomic E-state index is 13.6. The Balaban J connectivity index is 0.972. The van der Waals surface area contributed by atoms with Gasteiger partial charge in [-0.2, -0.15) is 0 Å². The number of carbonyl (C=O) groups excluding carboxylic acids is 2. The summed E-state index contributed by atoms with van der Waals surface area (Å²) in [5.41, 5.74) is 9.98. The molecular weight excluding hydrogens is 616 g/mol. The summed E-state index contributed by atoms with van der Waals surface area (Å²) < 4.78 is 12.9. The highest BCUT2D eigenvalue weighted by Crippen LogP contribution is 2.45. The van der Waals surface area contributed by atoms with Gasteiger partial charge < -0.3 is 19.9 Å². The molecule has 2 aliphatic rings. The maximum Gasteiger partial charge on any atom is 0.418 e. The van der Waals surface area contributed by atoms with Gasteiger partial charge in [0.1, 0.15) is 19.3 Å². The smallest absolute Gasteiger partial charge is 0.418 e. The molecule has 0 saturated heterocycles. The lowest BCUT2D eigenvalue weighted by molar-refractivity contribution is -0.139. The first-order valence-corrected chi connectivity index (χ1v) is 16.3. The van der Waals surface area contributed by atoms with Crippen LogP contribution < -0.4 is 5.32 Å². The second-order valence-electron chi connectivity index (χ2n) is 12.4. The van der Waals surface area contributed by atoms with Gasteiger partial charge in [0, 0.05) is 29.8 Å². The summed E-state index contributed by atoms with van der Waals surface area (Å²) in [6.45, 7) is 0.211. The number of hydrogen-bond donors (Lipinski definition) is 2. The summed E-state index contributed by atoms with van der Waals surface area (Å²) in [4.78, 5) is 39.0. The first-order valence-electron chi connectivity index (χ1n) is 16.3. The van der Waals surface area contributed by atoms with Gasteiger partial charge in [-0.25, -0.2) is 14.4 Å². The average molecular weight is 649 g/mol. The van der Waals surface area contributed by atoms with Crippen LogP contribution in [0.5, 0.6) is 0 Å². The van der Waals surface area contributed by atoms with Crippen molar-refractivity contribution in [1.82, 2.24) is 9.88 Å². The van der Waals surface area contributed by atoms with E-state index in [-0.39, 0.29) is 31.5 Å². The van der Waals surface area contributed by atoms with Crippen LogP contribution in [-0.2, 0) is 20.7 Å². The summed E-state index contributed by atoms with van der Waals surface area (Å²) in [5.74, 6) is -1.47. The van der Waals surface area contributed by atoms with Gasteiger partial charge in [0.2, 0.25) is 0 Å². The van der Waals surface area contributed by atoms with Gasteiger partial charge in [0.05, 0.1) is 5.52 Å². The number of rotatable bonds is 8. The predicted octanol–water partition coefficient (Wildman–Crippen LogP) is 7.97. The highest BCUT2D eigenvalue weighted by Gasteiger charge is 2.32. The molecule has 0 radical (unpaired) electrons. The Morgan fingerprint density at radius 2 is 1.08 bits per heavy atom. The van der Waals surface area contributed by atoms with Crippen LogP contribution >= 0.6 is 0 Å². The number of amides is 1. The van der Waals surface area contributed by atoms with Gasteiger partial charge in [0.25, 0.3) is 0 Å². The number of aliphatic carboxylic acids is 1. The molecule has 1 amide bonds. The zero-order valence-electron chi connectivity index (χ0n) is 26.4. The number of fused-ring (bicyclic) bond motifs is 7. The summed E-state index contributed by atoms with van der Waals surface area (Å²) in [6, 6.07) is 38.2. The predicted molar refractivity (Wildman–Crippen MR) is 186 cm³/mol. The van der Waals surface area contributed by atoms with Crippen LogP contribution in [0.15, 0.2) is 128 Å². The van der Waals surface area contributed by atoms with E-state index in [1.165, 1.54) is 4.57 Å². The van der Waals surface area contributed by atoms with Crippen molar-refractivity contribution in [2.45, 2.75) is 24.3 Å². The van der Waals surface area contributed by atoms with Gasteiger partial charge in [-0.05, 0) is 56.1 Å². The van der Waals surface area contributed by atoms with Crippen LogP contribution in [0.1, 0.15) is 39.7 Å². The normalized spacial score (nSPS) is 13.6. The van der Waals surface area contributed by atoms with Crippen LogP contribution in [0, 0.1) is 0 Å². The van der Waals surface area contributed by atoms with Crippen molar-refractivity contribution in [3.63, 3.8) is 0 Å². The quantitative estimate of drug-likeness (QED) is 0.173. The fourth-order valence-corrected chi connectivity index (χ4v) is 7.43. The van der Waals surface area contributed by atoms with Gasteiger partial charge in [-0.1, -0.05) is 115 Å². The molecule has 0 saturated carbocycles. The lowest BCUT2D eigenvalue weighted by Crippen LogP contribution is -2.42. The number of alkyl carbamates (subject to hydrolysis) is 1. The van der Waals surface area contributed by atoms with Gasteiger partial charge >= 0.3 is 18.2 Å². The number of nitrogens with zero attached hydrogens (tertiary/aromatic N) is 1. The zero-order chi connectivity index (χ0) is 33.5. The second kappa shape index (κ2) is 12.5. The fraction of sp³-hybridized carbons (Fsp3) is 0.146. The molecule has 6 aromatic rings. The molecule has 0 bridgehead atoms. The highest BCUT2D eigenvalue weighted by molar-refractivity contribution is 5.93. The Kier molecular flexibility index (Phi) is 7.68. The van der Waals surface area contributed by atoms with E-state index in [1.807, 2.05) is 91.0 Å². The van der Waals surface area contributed by atoms with Crippen molar-refractivity contribution in [2.24, 2.45) is 0 Å². The van der Waals surface area contributed by atoms with E-state index in [0.717, 1.165) is 44.5 Å². The largest absolute Gasteiger partial charge is 0.480 e. The molecule has 1 aromatic heterocycles. The number of carbonyl (C=O) groups is 3. The third-order valence-electron chi connectivity index (χ3n) is 9.69. The van der Waals surface area contributed by atoms with Gasteiger partial charge in [-0.15, -0.1) is 0 Å². The molecule has 8 heteroatoms. The molecule has 49 heavy (non-hydrogen) atoms. The summed E-state index contributed by atoms with van der Waals surface area (Å²) in [6.07, 6.45) is 0.137. The van der Waals surface area contributed by atoms with Crippen molar-refractivity contribution in [3.05, 3.63) is 155 Å². The molecule has 1 atom stereocenters. The number of carboxylic acid groups (broad SMARTS) is 1. The molecule has 0 fully saturated rings. The second-order valence-corrected chi connectivity index (χ2v) is 12.4. The third-order valence-corrected chi connectivity index (χ3v) is 9.69. The van der Waals surface area contributed by atoms with Gasteiger partial charge in [0.15, 0.2) is 0 Å². The molecule has 0 aliphatic heterocycles. The Bertz CT molecular complexity index is 2160. The van der Waals surface area contributed by atoms with E-state index in [1.54, 1.807) is 12.3 Å². The third kappa shape index (κ3) is 5.41. The van der Waals surface area contributed by atoms with E-state index in [0.29, 0.717) is 16.5 Å². The zero-order valence-corrected chi connectivity index (χ0v) is 26.4. The number of benzene rings is 5. The maximum absolute atomic E-state index is 13.6. The number of carboxylic acids is 1. The minimum atomic E-state index is -1.29. The molecule has 242 valence electrons. The topological polar surface area (TPSA) is 107 Å². The number of ether oxygens (including phenoxy) is 2. The lowest BCUT2D eigenvalue weighted by atomic mass is 9.98. The molecule has 8 rings (SSSR count). The molecule has 0 unspecified atom stereocenters. The Morgan fingerprint density at radius 1 is 0.633 bits per heavy atom. The molecule has 5 aromatic carbocycles. The Hall–Kier alpha value is -6.15. The van der Waals surface area contributed by atoms with Crippen LogP contribution in [0.25, 0.3) is 33.2 Å². The lowest BCUT2D eigenvalue weighted by Gasteiger charge is -2.17. The van der Waals surface area contributed by atoms with Crippen LogP contribution in [0.4, 0.5) is 9.59 Å². The highest BCUT2D eigenvalue weighted by atomic mass is 16.6. The average Bonchev–Trinajstić information content (AvgIpc) is 3.77. The summed E-state index contributed by atoms with van der Waals surface area (Å²) >= 11 is 0. The van der Waals surface area contributed by atoms with Gasteiger partial charge in [-0.3, -0.25) is 4.57 Å². The minimum absolute atomic E-state index is 0.0628.